The number of hydrogen-bond donors (Lipinski definition) is 1. The second-order valence-electron chi connectivity index (χ2n) is 5.07. The third kappa shape index (κ3) is 4.71. The summed E-state index contributed by atoms with van der Waals surface area (Å²) in [7, 11) is -3.62. The lowest BCUT2D eigenvalue weighted by atomic mass is 10.2. The molecule has 0 bridgehead atoms. The van der Waals surface area contributed by atoms with Gasteiger partial charge in [-0.3, -0.25) is 0 Å². The molecule has 0 aliphatic rings. The summed E-state index contributed by atoms with van der Waals surface area (Å²) in [6.45, 7) is 6.10. The molecular weight excluding hydrogens is 303 g/mol. The fourth-order valence-electron chi connectivity index (χ4n) is 2.12. The fraction of sp³-hybridized carbons (Fsp3) is 0.571. The summed E-state index contributed by atoms with van der Waals surface area (Å²) in [5.74, 6) is 0. The molecule has 0 saturated carbocycles. The zero-order valence-electron chi connectivity index (χ0n) is 12.2. The SMILES string of the molecule is CCNC(C)CC(C)S(=O)(=O)c1ccc(C(F)(F)F)cc1. The van der Waals surface area contributed by atoms with E-state index >= 15 is 0 Å². The topological polar surface area (TPSA) is 46.2 Å². The molecule has 0 aromatic heterocycles. The van der Waals surface area contributed by atoms with Gasteiger partial charge in [-0.2, -0.15) is 13.2 Å². The van der Waals surface area contributed by atoms with Crippen LogP contribution in [0.15, 0.2) is 29.2 Å². The molecule has 0 spiro atoms. The van der Waals surface area contributed by atoms with Gasteiger partial charge in [-0.05, 0) is 51.1 Å². The number of hydrogen-bond acceptors (Lipinski definition) is 3. The van der Waals surface area contributed by atoms with Crippen molar-refractivity contribution < 1.29 is 21.6 Å². The lowest BCUT2D eigenvalue weighted by Crippen LogP contribution is -2.32. The molecule has 0 heterocycles. The smallest absolute Gasteiger partial charge is 0.314 e. The Morgan fingerprint density at radius 1 is 1.14 bits per heavy atom. The minimum atomic E-state index is -4.46. The van der Waals surface area contributed by atoms with Gasteiger partial charge in [0.1, 0.15) is 0 Å². The summed E-state index contributed by atoms with van der Waals surface area (Å²) in [6.07, 6.45) is -4.06. The number of rotatable bonds is 6. The van der Waals surface area contributed by atoms with E-state index in [0.717, 1.165) is 30.8 Å². The molecule has 1 rings (SSSR count). The second-order valence-corrected chi connectivity index (χ2v) is 7.44. The van der Waals surface area contributed by atoms with Crippen molar-refractivity contribution in [2.45, 2.75) is 49.6 Å². The lowest BCUT2D eigenvalue weighted by Gasteiger charge is -2.18. The summed E-state index contributed by atoms with van der Waals surface area (Å²) in [5, 5.41) is 2.45. The van der Waals surface area contributed by atoms with Crippen LogP contribution in [0.2, 0.25) is 0 Å². The van der Waals surface area contributed by atoms with Crippen LogP contribution >= 0.6 is 0 Å². The molecule has 0 fully saturated rings. The molecular formula is C14H20F3NO2S. The number of benzene rings is 1. The van der Waals surface area contributed by atoms with E-state index in [9.17, 15) is 21.6 Å². The minimum Gasteiger partial charge on any atom is -0.314 e. The molecule has 0 saturated heterocycles. The maximum atomic E-state index is 12.5. The number of nitrogens with one attached hydrogen (secondary N) is 1. The average Bonchev–Trinajstić information content (AvgIpc) is 2.38. The van der Waals surface area contributed by atoms with Gasteiger partial charge < -0.3 is 5.32 Å². The quantitative estimate of drug-likeness (QED) is 0.874. The van der Waals surface area contributed by atoms with Crippen LogP contribution in [-0.4, -0.2) is 26.3 Å². The van der Waals surface area contributed by atoms with E-state index in [1.54, 1.807) is 6.92 Å². The van der Waals surface area contributed by atoms with Crippen molar-refractivity contribution in [3.05, 3.63) is 29.8 Å². The average molecular weight is 323 g/mol. The van der Waals surface area contributed by atoms with Crippen LogP contribution in [0.5, 0.6) is 0 Å². The summed E-state index contributed by atoms with van der Waals surface area (Å²) in [5.41, 5.74) is -0.852. The molecule has 120 valence electrons. The van der Waals surface area contributed by atoms with Gasteiger partial charge in [0.25, 0.3) is 0 Å². The van der Waals surface area contributed by atoms with Gasteiger partial charge >= 0.3 is 6.18 Å². The molecule has 2 unspecified atom stereocenters. The molecule has 3 nitrogen and oxygen atoms in total. The Kier molecular flexibility index (Phi) is 5.81. The van der Waals surface area contributed by atoms with Crippen LogP contribution in [0.4, 0.5) is 13.2 Å². The van der Waals surface area contributed by atoms with Gasteiger partial charge in [-0.25, -0.2) is 8.42 Å². The highest BCUT2D eigenvalue weighted by Crippen LogP contribution is 2.30. The Hall–Kier alpha value is -1.08. The van der Waals surface area contributed by atoms with Crippen LogP contribution in [0.25, 0.3) is 0 Å². The van der Waals surface area contributed by atoms with E-state index in [2.05, 4.69) is 5.32 Å². The lowest BCUT2D eigenvalue weighted by molar-refractivity contribution is -0.137. The molecule has 0 aliphatic heterocycles. The van der Waals surface area contributed by atoms with E-state index < -0.39 is 26.8 Å². The molecule has 7 heteroatoms. The van der Waals surface area contributed by atoms with E-state index in [1.165, 1.54) is 0 Å². The van der Waals surface area contributed by atoms with Crippen molar-refractivity contribution in [3.8, 4) is 0 Å². The van der Waals surface area contributed by atoms with Crippen molar-refractivity contribution in [1.29, 1.82) is 0 Å². The Morgan fingerprint density at radius 3 is 2.10 bits per heavy atom. The standard InChI is InChI=1S/C14H20F3NO2S/c1-4-18-10(2)9-11(3)21(19,20)13-7-5-12(6-8-13)14(15,16)17/h5-8,10-11,18H,4,9H2,1-3H3. The third-order valence-electron chi connectivity index (χ3n) is 3.28. The molecule has 0 aliphatic carbocycles. The van der Waals surface area contributed by atoms with Crippen molar-refractivity contribution in [2.24, 2.45) is 0 Å². The van der Waals surface area contributed by atoms with Gasteiger partial charge in [0, 0.05) is 6.04 Å². The first-order valence-electron chi connectivity index (χ1n) is 6.73. The van der Waals surface area contributed by atoms with Crippen molar-refractivity contribution in [3.63, 3.8) is 0 Å². The van der Waals surface area contributed by atoms with Crippen LogP contribution in [0.1, 0.15) is 32.8 Å². The normalized spacial score (nSPS) is 15.7. The van der Waals surface area contributed by atoms with Gasteiger partial charge in [0.05, 0.1) is 15.7 Å². The monoisotopic (exact) mass is 323 g/mol. The highest BCUT2D eigenvalue weighted by Gasteiger charge is 2.31. The minimum absolute atomic E-state index is 0.0224. The van der Waals surface area contributed by atoms with Crippen LogP contribution in [0.3, 0.4) is 0 Å². The van der Waals surface area contributed by atoms with E-state index in [0.29, 0.717) is 6.42 Å². The Labute approximate surface area is 123 Å². The first kappa shape index (κ1) is 18.0. The molecule has 1 aromatic rings. The number of halogens is 3. The number of alkyl halides is 3. The zero-order chi connectivity index (χ0) is 16.3. The first-order chi connectivity index (χ1) is 9.59. The predicted molar refractivity (Wildman–Crippen MR) is 75.8 cm³/mol. The molecule has 2 atom stereocenters. The molecule has 0 radical (unpaired) electrons. The van der Waals surface area contributed by atoms with Crippen LogP contribution in [-0.2, 0) is 16.0 Å². The maximum absolute atomic E-state index is 12.5. The first-order valence-corrected chi connectivity index (χ1v) is 8.28. The summed E-state index contributed by atoms with van der Waals surface area (Å²) in [6, 6.07) is 3.66. The van der Waals surface area contributed by atoms with Crippen LogP contribution < -0.4 is 5.32 Å². The molecule has 1 aromatic carbocycles. The summed E-state index contributed by atoms with van der Waals surface area (Å²) in [4.78, 5) is -0.0771. The van der Waals surface area contributed by atoms with Gasteiger partial charge in [0.15, 0.2) is 9.84 Å². The second kappa shape index (κ2) is 6.79. The third-order valence-corrected chi connectivity index (χ3v) is 5.46. The highest BCUT2D eigenvalue weighted by atomic mass is 32.2. The largest absolute Gasteiger partial charge is 0.416 e. The highest BCUT2D eigenvalue weighted by molar-refractivity contribution is 7.92. The Balaban J connectivity index is 2.92. The van der Waals surface area contributed by atoms with Crippen molar-refractivity contribution in [1.82, 2.24) is 5.32 Å². The van der Waals surface area contributed by atoms with E-state index in [-0.39, 0.29) is 10.9 Å². The molecule has 21 heavy (non-hydrogen) atoms. The van der Waals surface area contributed by atoms with E-state index in [1.807, 2.05) is 13.8 Å². The molecule has 0 amide bonds. The zero-order valence-corrected chi connectivity index (χ0v) is 13.1. The van der Waals surface area contributed by atoms with Gasteiger partial charge in [0.2, 0.25) is 0 Å². The van der Waals surface area contributed by atoms with E-state index in [4.69, 9.17) is 0 Å². The van der Waals surface area contributed by atoms with Gasteiger partial charge in [-0.1, -0.05) is 6.92 Å². The Bertz CT molecular complexity index is 553. The maximum Gasteiger partial charge on any atom is 0.416 e. The summed E-state index contributed by atoms with van der Waals surface area (Å²) >= 11 is 0. The number of sulfone groups is 1. The van der Waals surface area contributed by atoms with Crippen LogP contribution in [0, 0.1) is 0 Å². The summed E-state index contributed by atoms with van der Waals surface area (Å²) < 4.78 is 62.1. The predicted octanol–water partition coefficient (Wildman–Crippen LogP) is 3.26. The van der Waals surface area contributed by atoms with Gasteiger partial charge in [-0.15, -0.1) is 0 Å². The van der Waals surface area contributed by atoms with Crippen molar-refractivity contribution in [2.75, 3.05) is 6.54 Å². The van der Waals surface area contributed by atoms with Crippen molar-refractivity contribution >= 4 is 9.84 Å². The fourth-order valence-corrected chi connectivity index (χ4v) is 3.64. The Morgan fingerprint density at radius 2 is 1.67 bits per heavy atom. The molecule has 1 N–H and O–H groups in total.